The molecule has 0 aromatic heterocycles. The van der Waals surface area contributed by atoms with Gasteiger partial charge in [-0.05, 0) is 36.2 Å². The molecular weight excluding hydrogens is 350 g/mol. The monoisotopic (exact) mass is 369 g/mol. The quantitative estimate of drug-likeness (QED) is 0.595. The Morgan fingerprint density at radius 1 is 1.11 bits per heavy atom. The van der Waals surface area contributed by atoms with Crippen molar-refractivity contribution in [3.63, 3.8) is 0 Å². The maximum absolute atomic E-state index is 12.3. The number of hydrogen-bond donors (Lipinski definition) is 1. The molecule has 1 heterocycles. The van der Waals surface area contributed by atoms with Gasteiger partial charge in [0.15, 0.2) is 12.5 Å². The number of hydrogen-bond acceptors (Lipinski definition) is 5. The molecule has 27 heavy (non-hydrogen) atoms. The molecule has 2 aromatic rings. The third-order valence-electron chi connectivity index (χ3n) is 4.31. The number of ether oxygens (including phenoxy) is 2. The van der Waals surface area contributed by atoms with E-state index in [1.807, 2.05) is 30.3 Å². The van der Waals surface area contributed by atoms with Crippen LogP contribution in [0.2, 0.25) is 0 Å². The summed E-state index contributed by atoms with van der Waals surface area (Å²) >= 11 is 0. The van der Waals surface area contributed by atoms with Gasteiger partial charge in [0.2, 0.25) is 0 Å². The van der Waals surface area contributed by atoms with Crippen LogP contribution in [0.3, 0.4) is 0 Å². The highest BCUT2D eigenvalue weighted by molar-refractivity contribution is 5.96. The van der Waals surface area contributed by atoms with Gasteiger partial charge in [0.05, 0.1) is 0 Å². The lowest BCUT2D eigenvalue weighted by atomic mass is 10.0. The summed E-state index contributed by atoms with van der Waals surface area (Å²) in [5.41, 5.74) is 1.53. The average Bonchev–Trinajstić information content (AvgIpc) is 3.06. The minimum absolute atomic E-state index is 0.0494. The molecule has 7 nitrogen and oxygen atoms in total. The van der Waals surface area contributed by atoms with Crippen molar-refractivity contribution in [2.45, 2.75) is 25.5 Å². The minimum atomic E-state index is -1.24. The van der Waals surface area contributed by atoms with E-state index < -0.39 is 18.1 Å². The van der Waals surface area contributed by atoms with E-state index >= 15 is 0 Å². The van der Waals surface area contributed by atoms with Gasteiger partial charge in [0.25, 0.3) is 0 Å². The van der Waals surface area contributed by atoms with Gasteiger partial charge >= 0.3 is 12.1 Å². The van der Waals surface area contributed by atoms with Gasteiger partial charge in [0, 0.05) is 12.0 Å². The number of rotatable bonds is 7. The van der Waals surface area contributed by atoms with Gasteiger partial charge in [-0.2, -0.15) is 0 Å². The lowest BCUT2D eigenvalue weighted by Crippen LogP contribution is -2.37. The van der Waals surface area contributed by atoms with E-state index in [0.717, 1.165) is 10.5 Å². The van der Waals surface area contributed by atoms with Crippen molar-refractivity contribution in [3.8, 4) is 5.75 Å². The number of amides is 1. The largest absolute Gasteiger partial charge is 0.489 e. The van der Waals surface area contributed by atoms with Crippen LogP contribution in [0.25, 0.3) is 0 Å². The fourth-order valence-electron chi connectivity index (χ4n) is 2.80. The number of esters is 1. The summed E-state index contributed by atoms with van der Waals surface area (Å²) in [5, 5.41) is 9.04. The molecule has 1 amide bonds. The second-order valence-corrected chi connectivity index (χ2v) is 6.12. The molecule has 0 unspecified atom stereocenters. The zero-order valence-electron chi connectivity index (χ0n) is 14.5. The van der Waals surface area contributed by atoms with Crippen molar-refractivity contribution in [3.05, 3.63) is 65.7 Å². The van der Waals surface area contributed by atoms with E-state index in [1.165, 1.54) is 0 Å². The SMILES string of the molecule is O=C(CC[C@H]1C(=O)OCN1C(=O)O)c1ccc(OCc2ccccc2)cc1. The van der Waals surface area contributed by atoms with Crippen LogP contribution in [0.4, 0.5) is 4.79 Å². The molecule has 1 N–H and O–H groups in total. The molecule has 2 aromatic carbocycles. The van der Waals surface area contributed by atoms with E-state index in [9.17, 15) is 14.4 Å². The molecule has 1 saturated heterocycles. The lowest BCUT2D eigenvalue weighted by Gasteiger charge is -2.15. The van der Waals surface area contributed by atoms with Gasteiger partial charge in [0.1, 0.15) is 18.4 Å². The molecule has 1 fully saturated rings. The molecule has 140 valence electrons. The van der Waals surface area contributed by atoms with E-state index in [-0.39, 0.29) is 25.4 Å². The second-order valence-electron chi connectivity index (χ2n) is 6.12. The molecule has 0 radical (unpaired) electrons. The smallest absolute Gasteiger partial charge is 0.410 e. The van der Waals surface area contributed by atoms with Gasteiger partial charge in [-0.1, -0.05) is 30.3 Å². The van der Waals surface area contributed by atoms with Gasteiger partial charge in [-0.25, -0.2) is 9.59 Å². The molecular formula is C20H19NO6. The Labute approximate surface area is 156 Å². The molecule has 0 saturated carbocycles. The van der Waals surface area contributed by atoms with Crippen LogP contribution in [0.15, 0.2) is 54.6 Å². The standard InChI is InChI=1S/C20H19NO6/c22-18(11-10-17-19(23)27-13-21(17)20(24)25)15-6-8-16(9-7-15)26-12-14-4-2-1-3-5-14/h1-9,17H,10-13H2,(H,24,25)/t17-/m0/s1. The zero-order chi connectivity index (χ0) is 19.2. The first-order valence-electron chi connectivity index (χ1n) is 8.51. The summed E-state index contributed by atoms with van der Waals surface area (Å²) < 4.78 is 10.4. The molecule has 0 aliphatic carbocycles. The Balaban J connectivity index is 1.53. The number of ketones is 1. The number of cyclic esters (lactones) is 1. The Hall–Kier alpha value is -3.35. The molecule has 0 spiro atoms. The van der Waals surface area contributed by atoms with Crippen molar-refractivity contribution in [1.29, 1.82) is 0 Å². The summed E-state index contributed by atoms with van der Waals surface area (Å²) in [4.78, 5) is 35.9. The van der Waals surface area contributed by atoms with Gasteiger partial charge in [-0.3, -0.25) is 9.69 Å². The topological polar surface area (TPSA) is 93.1 Å². The molecule has 1 aliphatic heterocycles. The van der Waals surface area contributed by atoms with E-state index in [2.05, 4.69) is 0 Å². The predicted molar refractivity (Wildman–Crippen MR) is 95.4 cm³/mol. The molecule has 1 aliphatic rings. The highest BCUT2D eigenvalue weighted by atomic mass is 16.6. The third kappa shape index (κ3) is 4.63. The second kappa shape index (κ2) is 8.35. The van der Waals surface area contributed by atoms with Crippen molar-refractivity contribution in [1.82, 2.24) is 4.90 Å². The summed E-state index contributed by atoms with van der Waals surface area (Å²) in [5.74, 6) is -0.142. The van der Waals surface area contributed by atoms with Crippen molar-refractivity contribution in [2.24, 2.45) is 0 Å². The van der Waals surface area contributed by atoms with Crippen LogP contribution in [-0.4, -0.2) is 40.6 Å². The normalized spacial score (nSPS) is 16.1. The summed E-state index contributed by atoms with van der Waals surface area (Å²) in [7, 11) is 0. The fraction of sp³-hybridized carbons (Fsp3) is 0.250. The molecule has 3 rings (SSSR count). The van der Waals surface area contributed by atoms with Crippen LogP contribution in [-0.2, 0) is 16.1 Å². The number of nitrogens with zero attached hydrogens (tertiary/aromatic N) is 1. The summed E-state index contributed by atoms with van der Waals surface area (Å²) in [6.07, 6.45) is -1.09. The Kier molecular flexibility index (Phi) is 5.71. The number of carboxylic acid groups (broad SMARTS) is 1. The van der Waals surface area contributed by atoms with Gasteiger partial charge < -0.3 is 14.6 Å². The number of carbonyl (C=O) groups is 3. The Bertz CT molecular complexity index is 818. The van der Waals surface area contributed by atoms with Crippen LogP contribution in [0.5, 0.6) is 5.75 Å². The highest BCUT2D eigenvalue weighted by Crippen LogP contribution is 2.19. The van der Waals surface area contributed by atoms with E-state index in [0.29, 0.717) is 17.9 Å². The van der Waals surface area contributed by atoms with Crippen molar-refractivity contribution >= 4 is 17.8 Å². The number of benzene rings is 2. The highest BCUT2D eigenvalue weighted by Gasteiger charge is 2.37. The predicted octanol–water partition coefficient (Wildman–Crippen LogP) is 3.09. The van der Waals surface area contributed by atoms with E-state index in [4.69, 9.17) is 14.6 Å². The summed E-state index contributed by atoms with van der Waals surface area (Å²) in [6.45, 7) is 0.142. The molecule has 7 heteroatoms. The zero-order valence-corrected chi connectivity index (χ0v) is 14.5. The number of carbonyl (C=O) groups excluding carboxylic acids is 2. The Morgan fingerprint density at radius 2 is 1.81 bits per heavy atom. The van der Waals surface area contributed by atoms with Crippen LogP contribution >= 0.6 is 0 Å². The first kappa shape index (κ1) is 18.4. The first-order valence-corrected chi connectivity index (χ1v) is 8.51. The Morgan fingerprint density at radius 3 is 2.48 bits per heavy atom. The van der Waals surface area contributed by atoms with Crippen LogP contribution in [0.1, 0.15) is 28.8 Å². The van der Waals surface area contributed by atoms with Crippen molar-refractivity contribution < 1.29 is 29.0 Å². The van der Waals surface area contributed by atoms with Crippen molar-refractivity contribution in [2.75, 3.05) is 6.73 Å². The van der Waals surface area contributed by atoms with E-state index in [1.54, 1.807) is 24.3 Å². The average molecular weight is 369 g/mol. The third-order valence-corrected chi connectivity index (χ3v) is 4.31. The fourth-order valence-corrected chi connectivity index (χ4v) is 2.80. The van der Waals surface area contributed by atoms with Crippen LogP contribution in [0, 0.1) is 0 Å². The first-order chi connectivity index (χ1) is 13.0. The van der Waals surface area contributed by atoms with Gasteiger partial charge in [-0.15, -0.1) is 0 Å². The van der Waals surface area contributed by atoms with Crippen LogP contribution < -0.4 is 4.74 Å². The lowest BCUT2D eigenvalue weighted by molar-refractivity contribution is -0.139. The summed E-state index contributed by atoms with van der Waals surface area (Å²) in [6, 6.07) is 15.5. The molecule has 1 atom stereocenters. The maximum atomic E-state index is 12.3. The minimum Gasteiger partial charge on any atom is -0.489 e. The number of Topliss-reactive ketones (excluding diaryl/α,β-unsaturated/α-hetero) is 1. The molecule has 0 bridgehead atoms. The maximum Gasteiger partial charge on any atom is 0.410 e.